The summed E-state index contributed by atoms with van der Waals surface area (Å²) in [5.41, 5.74) is 0. The summed E-state index contributed by atoms with van der Waals surface area (Å²) < 4.78 is 5.22. The van der Waals surface area contributed by atoms with E-state index in [-0.39, 0.29) is 0 Å². The van der Waals surface area contributed by atoms with Gasteiger partial charge in [-0.25, -0.2) is 0 Å². The van der Waals surface area contributed by atoms with E-state index in [1.807, 2.05) is 0 Å². The van der Waals surface area contributed by atoms with Crippen LogP contribution >= 0.6 is 0 Å². The fourth-order valence-corrected chi connectivity index (χ4v) is 1.47. The van der Waals surface area contributed by atoms with Crippen molar-refractivity contribution in [1.29, 1.82) is 0 Å². The molecule has 0 heterocycles. The van der Waals surface area contributed by atoms with Crippen LogP contribution in [0.3, 0.4) is 0 Å². The van der Waals surface area contributed by atoms with Gasteiger partial charge in [-0.3, -0.25) is 0 Å². The molecule has 1 aliphatic rings. The van der Waals surface area contributed by atoms with Gasteiger partial charge in [0.15, 0.2) is 0 Å². The molecule has 0 unspecified atom stereocenters. The van der Waals surface area contributed by atoms with E-state index in [9.17, 15) is 0 Å². The van der Waals surface area contributed by atoms with Crippen molar-refractivity contribution in [3.8, 4) is 12.3 Å². The third-order valence-corrected chi connectivity index (χ3v) is 2.24. The summed E-state index contributed by atoms with van der Waals surface area (Å²) in [5.74, 6) is 3.31. The van der Waals surface area contributed by atoms with E-state index < -0.39 is 0 Å². The minimum atomic E-state index is 0.476. The molecule has 10 heavy (non-hydrogen) atoms. The molecule has 0 N–H and O–H groups in total. The van der Waals surface area contributed by atoms with E-state index in [0.717, 1.165) is 25.7 Å². The Morgan fingerprint density at radius 3 is 2.30 bits per heavy atom. The Bertz CT molecular complexity index is 126. The smallest absolute Gasteiger partial charge is 0.0572 e. The predicted molar refractivity (Wildman–Crippen MR) is 41.6 cm³/mol. The first kappa shape index (κ1) is 7.63. The molecule has 0 amide bonds. The molecule has 0 bridgehead atoms. The maximum absolute atomic E-state index is 5.30. The second kappa shape index (κ2) is 3.63. The van der Waals surface area contributed by atoms with Gasteiger partial charge in [0.1, 0.15) is 0 Å². The second-order valence-electron chi connectivity index (χ2n) is 2.88. The Morgan fingerprint density at radius 1 is 1.30 bits per heavy atom. The molecule has 0 aromatic heterocycles. The van der Waals surface area contributed by atoms with Crippen molar-refractivity contribution in [2.75, 3.05) is 7.11 Å². The van der Waals surface area contributed by atoms with Gasteiger partial charge in [-0.05, 0) is 25.7 Å². The van der Waals surface area contributed by atoms with Gasteiger partial charge in [0, 0.05) is 13.0 Å². The van der Waals surface area contributed by atoms with E-state index >= 15 is 0 Å². The summed E-state index contributed by atoms with van der Waals surface area (Å²) in [7, 11) is 1.78. The van der Waals surface area contributed by atoms with Crippen LogP contribution in [0.15, 0.2) is 0 Å². The summed E-state index contributed by atoms with van der Waals surface area (Å²) in [4.78, 5) is 0. The highest BCUT2D eigenvalue weighted by Crippen LogP contribution is 2.24. The van der Waals surface area contributed by atoms with Crippen LogP contribution in [0, 0.1) is 18.3 Å². The average Bonchev–Trinajstić information content (AvgIpc) is 2.05. The SMILES string of the molecule is C#CC1CCC(OC)CC1. The Morgan fingerprint density at radius 2 is 1.90 bits per heavy atom. The number of hydrogen-bond acceptors (Lipinski definition) is 1. The number of rotatable bonds is 1. The van der Waals surface area contributed by atoms with Crippen molar-refractivity contribution < 1.29 is 4.74 Å². The van der Waals surface area contributed by atoms with Gasteiger partial charge < -0.3 is 4.74 Å². The highest BCUT2D eigenvalue weighted by molar-refractivity contribution is 4.95. The minimum absolute atomic E-state index is 0.476. The van der Waals surface area contributed by atoms with Gasteiger partial charge in [-0.2, -0.15) is 0 Å². The van der Waals surface area contributed by atoms with E-state index in [4.69, 9.17) is 11.2 Å². The van der Waals surface area contributed by atoms with E-state index in [2.05, 4.69) is 5.92 Å². The van der Waals surface area contributed by atoms with Crippen molar-refractivity contribution in [2.24, 2.45) is 5.92 Å². The van der Waals surface area contributed by atoms with Gasteiger partial charge in [0.25, 0.3) is 0 Å². The van der Waals surface area contributed by atoms with E-state index in [1.54, 1.807) is 7.11 Å². The molecule has 1 nitrogen and oxygen atoms in total. The van der Waals surface area contributed by atoms with Crippen LogP contribution in [0.4, 0.5) is 0 Å². The molecule has 0 aromatic carbocycles. The van der Waals surface area contributed by atoms with Crippen LogP contribution < -0.4 is 0 Å². The maximum atomic E-state index is 5.30. The van der Waals surface area contributed by atoms with Gasteiger partial charge >= 0.3 is 0 Å². The third kappa shape index (κ3) is 1.75. The Hall–Kier alpha value is -0.480. The lowest BCUT2D eigenvalue weighted by Gasteiger charge is -2.23. The molecule has 1 heteroatoms. The lowest BCUT2D eigenvalue weighted by Crippen LogP contribution is -2.19. The molecule has 0 saturated heterocycles. The van der Waals surface area contributed by atoms with Gasteiger partial charge in [-0.15, -0.1) is 12.3 Å². The maximum Gasteiger partial charge on any atom is 0.0572 e. The molecule has 0 aliphatic heterocycles. The molecule has 0 radical (unpaired) electrons. The zero-order valence-electron chi connectivity index (χ0n) is 6.47. The number of terminal acetylenes is 1. The van der Waals surface area contributed by atoms with Crippen molar-refractivity contribution in [3.63, 3.8) is 0 Å². The third-order valence-electron chi connectivity index (χ3n) is 2.24. The molecule has 1 rings (SSSR count). The molecule has 0 spiro atoms. The first-order valence-electron chi connectivity index (χ1n) is 3.85. The van der Waals surface area contributed by atoms with Crippen LogP contribution in [-0.4, -0.2) is 13.2 Å². The zero-order valence-corrected chi connectivity index (χ0v) is 6.47. The summed E-state index contributed by atoms with van der Waals surface area (Å²) in [6, 6.07) is 0. The molecule has 1 saturated carbocycles. The Balaban J connectivity index is 2.25. The van der Waals surface area contributed by atoms with Crippen LogP contribution in [-0.2, 0) is 4.74 Å². The van der Waals surface area contributed by atoms with E-state index in [0.29, 0.717) is 12.0 Å². The quantitative estimate of drug-likeness (QED) is 0.502. The summed E-state index contributed by atoms with van der Waals surface area (Å²) in [6.07, 6.45) is 10.4. The summed E-state index contributed by atoms with van der Waals surface area (Å²) in [5, 5.41) is 0. The van der Waals surface area contributed by atoms with Crippen LogP contribution in [0.1, 0.15) is 25.7 Å². The number of ether oxygens (including phenoxy) is 1. The lowest BCUT2D eigenvalue weighted by atomic mass is 9.88. The highest BCUT2D eigenvalue weighted by atomic mass is 16.5. The summed E-state index contributed by atoms with van der Waals surface area (Å²) in [6.45, 7) is 0. The minimum Gasteiger partial charge on any atom is -0.381 e. The molecule has 0 atom stereocenters. The molecule has 56 valence electrons. The van der Waals surface area contributed by atoms with Crippen molar-refractivity contribution in [2.45, 2.75) is 31.8 Å². The van der Waals surface area contributed by atoms with Gasteiger partial charge in [0.2, 0.25) is 0 Å². The molecule has 0 aromatic rings. The molecular formula is C9H14O. The molecular weight excluding hydrogens is 124 g/mol. The highest BCUT2D eigenvalue weighted by Gasteiger charge is 2.18. The van der Waals surface area contributed by atoms with Crippen LogP contribution in [0.2, 0.25) is 0 Å². The molecule has 1 aliphatic carbocycles. The van der Waals surface area contributed by atoms with E-state index in [1.165, 1.54) is 0 Å². The summed E-state index contributed by atoms with van der Waals surface area (Å²) >= 11 is 0. The van der Waals surface area contributed by atoms with Gasteiger partial charge in [-0.1, -0.05) is 0 Å². The zero-order chi connectivity index (χ0) is 7.40. The predicted octanol–water partition coefficient (Wildman–Crippen LogP) is 1.82. The Labute approximate surface area is 62.8 Å². The molecule has 1 fully saturated rings. The monoisotopic (exact) mass is 138 g/mol. The van der Waals surface area contributed by atoms with Crippen LogP contribution in [0.5, 0.6) is 0 Å². The fraction of sp³-hybridized carbons (Fsp3) is 0.778. The average molecular weight is 138 g/mol. The topological polar surface area (TPSA) is 9.23 Å². The Kier molecular flexibility index (Phi) is 2.77. The van der Waals surface area contributed by atoms with Crippen molar-refractivity contribution >= 4 is 0 Å². The van der Waals surface area contributed by atoms with Crippen LogP contribution in [0.25, 0.3) is 0 Å². The standard InChI is InChI=1S/C9H14O/c1-3-8-4-6-9(10-2)7-5-8/h1,8-9H,4-7H2,2H3. The number of hydrogen-bond donors (Lipinski definition) is 0. The first-order valence-corrected chi connectivity index (χ1v) is 3.85. The second-order valence-corrected chi connectivity index (χ2v) is 2.88. The largest absolute Gasteiger partial charge is 0.381 e. The first-order chi connectivity index (χ1) is 4.86. The van der Waals surface area contributed by atoms with Gasteiger partial charge in [0.05, 0.1) is 6.10 Å². The van der Waals surface area contributed by atoms with Crippen molar-refractivity contribution in [1.82, 2.24) is 0 Å². The van der Waals surface area contributed by atoms with Crippen molar-refractivity contribution in [3.05, 3.63) is 0 Å². The normalized spacial score (nSPS) is 33.2. The number of methoxy groups -OCH3 is 1. The fourth-order valence-electron chi connectivity index (χ4n) is 1.47. The lowest BCUT2D eigenvalue weighted by molar-refractivity contribution is 0.0637.